The third kappa shape index (κ3) is 3.75. The van der Waals surface area contributed by atoms with Crippen LogP contribution in [0.5, 0.6) is 11.5 Å². The number of aromatic nitrogens is 3. The fourth-order valence-corrected chi connectivity index (χ4v) is 2.96. The summed E-state index contributed by atoms with van der Waals surface area (Å²) in [4.78, 5) is 0. The van der Waals surface area contributed by atoms with Crippen LogP contribution in [-0.4, -0.2) is 35.3 Å². The van der Waals surface area contributed by atoms with Gasteiger partial charge in [0.1, 0.15) is 11.5 Å². The highest BCUT2D eigenvalue weighted by Crippen LogP contribution is 2.29. The van der Waals surface area contributed by atoms with Crippen molar-refractivity contribution < 1.29 is 9.47 Å². The summed E-state index contributed by atoms with van der Waals surface area (Å²) in [5, 5.41) is 12.3. The topological polar surface area (TPSA) is 64.4 Å². The molecule has 3 rings (SSSR count). The number of hydrogen-bond donors (Lipinski definition) is 1. The van der Waals surface area contributed by atoms with Crippen LogP contribution in [0.1, 0.15) is 5.56 Å². The molecule has 3 aromatic rings. The Kier molecular flexibility index (Phi) is 5.61. The Hall–Kier alpha value is -2.35. The first-order chi connectivity index (χ1) is 12.5. The van der Waals surface area contributed by atoms with Crippen LogP contribution in [0.4, 0.5) is 0 Å². The van der Waals surface area contributed by atoms with E-state index in [0.717, 1.165) is 5.56 Å². The number of aromatic amines is 1. The number of nitrogens with zero attached hydrogens (tertiary/aromatic N) is 3. The van der Waals surface area contributed by atoms with Gasteiger partial charge in [-0.1, -0.05) is 23.2 Å². The lowest BCUT2D eigenvalue weighted by Crippen LogP contribution is -1.97. The summed E-state index contributed by atoms with van der Waals surface area (Å²) in [6, 6.07) is 10.5. The summed E-state index contributed by atoms with van der Waals surface area (Å²) in [6.07, 6.45) is 1.62. The van der Waals surface area contributed by atoms with Crippen molar-refractivity contribution in [2.75, 3.05) is 14.2 Å². The van der Waals surface area contributed by atoms with Crippen molar-refractivity contribution in [1.82, 2.24) is 14.9 Å². The van der Waals surface area contributed by atoms with Crippen LogP contribution in [0.3, 0.4) is 0 Å². The van der Waals surface area contributed by atoms with Crippen LogP contribution in [0, 0.1) is 4.77 Å². The minimum Gasteiger partial charge on any atom is -0.497 e. The number of ether oxygens (including phenoxy) is 2. The zero-order chi connectivity index (χ0) is 18.7. The molecule has 1 heterocycles. The normalized spacial score (nSPS) is 11.1. The largest absolute Gasteiger partial charge is 0.497 e. The average molecular weight is 409 g/mol. The summed E-state index contributed by atoms with van der Waals surface area (Å²) < 4.78 is 12.4. The van der Waals surface area contributed by atoms with Crippen LogP contribution in [0.2, 0.25) is 10.0 Å². The second kappa shape index (κ2) is 7.90. The van der Waals surface area contributed by atoms with Crippen LogP contribution < -0.4 is 9.47 Å². The van der Waals surface area contributed by atoms with Crippen LogP contribution in [-0.2, 0) is 0 Å². The summed E-state index contributed by atoms with van der Waals surface area (Å²) in [5.41, 5.74) is 1.41. The SMILES string of the molecule is COc1ccc(/C=N/n2c(-c3ccc(Cl)cc3Cl)n[nH]c2=S)c(OC)c1. The molecule has 0 amide bonds. The fourth-order valence-electron chi connectivity index (χ4n) is 2.29. The standard InChI is InChI=1S/C17H14Cl2N4O2S/c1-24-12-5-3-10(15(8-12)25-2)9-20-23-16(21-22-17(23)26)13-6-4-11(18)7-14(13)19/h3-9H,1-2H3,(H,22,26)/b20-9+. The molecule has 134 valence electrons. The van der Waals surface area contributed by atoms with Gasteiger partial charge in [-0.3, -0.25) is 0 Å². The minimum absolute atomic E-state index is 0.328. The summed E-state index contributed by atoms with van der Waals surface area (Å²) in [5.74, 6) is 1.78. The number of nitrogens with one attached hydrogen (secondary N) is 1. The Morgan fingerprint density at radius 2 is 1.96 bits per heavy atom. The van der Waals surface area contributed by atoms with E-state index >= 15 is 0 Å². The van der Waals surface area contributed by atoms with E-state index in [1.807, 2.05) is 12.1 Å². The van der Waals surface area contributed by atoms with Gasteiger partial charge in [-0.15, -0.1) is 0 Å². The van der Waals surface area contributed by atoms with Gasteiger partial charge in [0, 0.05) is 22.2 Å². The number of H-pyrrole nitrogens is 1. The zero-order valence-corrected chi connectivity index (χ0v) is 16.2. The van der Waals surface area contributed by atoms with E-state index in [2.05, 4.69) is 15.3 Å². The first kappa shape index (κ1) is 18.4. The quantitative estimate of drug-likeness (QED) is 0.485. The molecule has 0 unspecified atom stereocenters. The molecular formula is C17H14Cl2N4O2S. The zero-order valence-electron chi connectivity index (χ0n) is 13.9. The fraction of sp³-hybridized carbons (Fsp3) is 0.118. The van der Waals surface area contributed by atoms with E-state index in [4.69, 9.17) is 44.9 Å². The van der Waals surface area contributed by atoms with Crippen molar-refractivity contribution in [3.05, 3.63) is 56.8 Å². The van der Waals surface area contributed by atoms with Gasteiger partial charge in [0.2, 0.25) is 4.77 Å². The number of methoxy groups -OCH3 is 2. The van der Waals surface area contributed by atoms with Crippen molar-refractivity contribution in [3.63, 3.8) is 0 Å². The van der Waals surface area contributed by atoms with E-state index in [-0.39, 0.29) is 0 Å². The van der Waals surface area contributed by atoms with Gasteiger partial charge in [-0.05, 0) is 42.5 Å². The average Bonchev–Trinajstić information content (AvgIpc) is 3.00. The van der Waals surface area contributed by atoms with Crippen molar-refractivity contribution in [1.29, 1.82) is 0 Å². The molecule has 1 N–H and O–H groups in total. The monoisotopic (exact) mass is 408 g/mol. The molecule has 0 aliphatic carbocycles. The number of halogens is 2. The molecule has 0 saturated carbocycles. The molecular weight excluding hydrogens is 395 g/mol. The molecule has 0 atom stereocenters. The van der Waals surface area contributed by atoms with E-state index in [0.29, 0.717) is 37.7 Å². The lowest BCUT2D eigenvalue weighted by Gasteiger charge is -2.07. The predicted molar refractivity (Wildman–Crippen MR) is 105 cm³/mol. The molecule has 6 nitrogen and oxygen atoms in total. The van der Waals surface area contributed by atoms with Crippen LogP contribution in [0.15, 0.2) is 41.5 Å². The van der Waals surface area contributed by atoms with Crippen molar-refractivity contribution in [3.8, 4) is 22.9 Å². The van der Waals surface area contributed by atoms with E-state index in [9.17, 15) is 0 Å². The molecule has 0 saturated heterocycles. The first-order valence-electron chi connectivity index (χ1n) is 7.42. The van der Waals surface area contributed by atoms with Crippen LogP contribution >= 0.6 is 35.4 Å². The van der Waals surface area contributed by atoms with Gasteiger partial charge >= 0.3 is 0 Å². The third-order valence-electron chi connectivity index (χ3n) is 3.58. The second-order valence-corrected chi connectivity index (χ2v) is 6.37. The van der Waals surface area contributed by atoms with Gasteiger partial charge in [0.15, 0.2) is 5.82 Å². The summed E-state index contributed by atoms with van der Waals surface area (Å²) in [6.45, 7) is 0. The maximum Gasteiger partial charge on any atom is 0.216 e. The van der Waals surface area contributed by atoms with E-state index < -0.39 is 0 Å². The lowest BCUT2D eigenvalue weighted by atomic mass is 10.2. The first-order valence-corrected chi connectivity index (χ1v) is 8.59. The van der Waals surface area contributed by atoms with Crippen molar-refractivity contribution in [2.45, 2.75) is 0 Å². The van der Waals surface area contributed by atoms with E-state index in [1.54, 1.807) is 44.7 Å². The highest BCUT2D eigenvalue weighted by Gasteiger charge is 2.12. The summed E-state index contributed by atoms with van der Waals surface area (Å²) in [7, 11) is 3.17. The number of benzene rings is 2. The Morgan fingerprint density at radius 1 is 1.15 bits per heavy atom. The maximum absolute atomic E-state index is 6.27. The molecule has 0 aliphatic rings. The summed E-state index contributed by atoms with van der Waals surface area (Å²) >= 11 is 17.5. The Balaban J connectivity index is 2.03. The Morgan fingerprint density at radius 3 is 2.65 bits per heavy atom. The minimum atomic E-state index is 0.328. The highest BCUT2D eigenvalue weighted by atomic mass is 35.5. The molecule has 2 aromatic carbocycles. The Labute approximate surface area is 165 Å². The second-order valence-electron chi connectivity index (χ2n) is 5.14. The van der Waals surface area contributed by atoms with E-state index in [1.165, 1.54) is 4.68 Å². The molecule has 0 spiro atoms. The molecule has 26 heavy (non-hydrogen) atoms. The molecule has 0 radical (unpaired) electrons. The van der Waals surface area contributed by atoms with Gasteiger partial charge in [-0.2, -0.15) is 14.9 Å². The van der Waals surface area contributed by atoms with Gasteiger partial charge in [0.25, 0.3) is 0 Å². The molecule has 0 aliphatic heterocycles. The van der Waals surface area contributed by atoms with Crippen molar-refractivity contribution >= 4 is 41.6 Å². The highest BCUT2D eigenvalue weighted by molar-refractivity contribution is 7.71. The van der Waals surface area contributed by atoms with Crippen molar-refractivity contribution in [2.24, 2.45) is 5.10 Å². The lowest BCUT2D eigenvalue weighted by molar-refractivity contribution is 0.394. The molecule has 1 aromatic heterocycles. The third-order valence-corrected chi connectivity index (χ3v) is 4.39. The predicted octanol–water partition coefficient (Wildman–Crippen LogP) is 4.81. The number of hydrogen-bond acceptors (Lipinski definition) is 5. The van der Waals surface area contributed by atoms with Crippen LogP contribution in [0.25, 0.3) is 11.4 Å². The van der Waals surface area contributed by atoms with Gasteiger partial charge in [0.05, 0.1) is 25.5 Å². The molecule has 0 fully saturated rings. The smallest absolute Gasteiger partial charge is 0.216 e. The Bertz CT molecular complexity index is 1030. The molecule has 9 heteroatoms. The van der Waals surface area contributed by atoms with Gasteiger partial charge < -0.3 is 9.47 Å². The van der Waals surface area contributed by atoms with Gasteiger partial charge in [-0.25, -0.2) is 5.10 Å². The molecule has 0 bridgehead atoms. The number of rotatable bonds is 5. The maximum atomic E-state index is 6.27.